The molecule has 0 radical (unpaired) electrons. The number of ether oxygens (including phenoxy) is 1. The zero-order valence-electron chi connectivity index (χ0n) is 29.0. The first-order chi connectivity index (χ1) is 19.8. The van der Waals surface area contributed by atoms with E-state index in [1.807, 2.05) is 0 Å². The highest BCUT2D eigenvalue weighted by Gasteiger charge is 2.12. The SMILES string of the molecule is COC(C)(C)C/C=C/C(C)=C/C=C/C(C)=C/CC/C(C)=C/C=C/C=C(C)/C=C/C=C(\C)CC/C=C(\C)CCC=C(C)C. The predicted octanol–water partition coefficient (Wildman–Crippen LogP) is 13.0. The minimum Gasteiger partial charge on any atom is -0.378 e. The van der Waals surface area contributed by atoms with Crippen molar-refractivity contribution in [1.29, 1.82) is 0 Å². The molecule has 0 heterocycles. The van der Waals surface area contributed by atoms with E-state index in [2.05, 4.69) is 160 Å². The van der Waals surface area contributed by atoms with E-state index in [1.54, 1.807) is 7.11 Å². The van der Waals surface area contributed by atoms with Crippen LogP contribution in [-0.2, 0) is 4.74 Å². The Morgan fingerprint density at radius 1 is 0.524 bits per heavy atom. The molecule has 1 heteroatoms. The molecule has 0 aromatic rings. The van der Waals surface area contributed by atoms with Crippen LogP contribution in [0.3, 0.4) is 0 Å². The van der Waals surface area contributed by atoms with Crippen molar-refractivity contribution < 1.29 is 4.74 Å². The lowest BCUT2D eigenvalue weighted by Crippen LogP contribution is -2.20. The van der Waals surface area contributed by atoms with Gasteiger partial charge in [0.25, 0.3) is 0 Å². The Balaban J connectivity index is 4.53. The molecule has 42 heavy (non-hydrogen) atoms. The lowest BCUT2D eigenvalue weighted by Gasteiger charge is -2.20. The van der Waals surface area contributed by atoms with E-state index in [9.17, 15) is 0 Å². The summed E-state index contributed by atoms with van der Waals surface area (Å²) < 4.78 is 5.46. The fourth-order valence-corrected chi connectivity index (χ4v) is 3.87. The van der Waals surface area contributed by atoms with Crippen molar-refractivity contribution in [3.8, 4) is 0 Å². The van der Waals surface area contributed by atoms with E-state index in [4.69, 9.17) is 4.74 Å². The second kappa shape index (κ2) is 23.6. The Labute approximate surface area is 261 Å². The summed E-state index contributed by atoms with van der Waals surface area (Å²) in [7, 11) is 1.76. The summed E-state index contributed by atoms with van der Waals surface area (Å²) in [6, 6.07) is 0. The van der Waals surface area contributed by atoms with E-state index in [1.165, 1.54) is 45.4 Å². The number of rotatable bonds is 19. The molecule has 0 saturated heterocycles. The van der Waals surface area contributed by atoms with Crippen LogP contribution in [0.1, 0.15) is 114 Å². The van der Waals surface area contributed by atoms with Gasteiger partial charge < -0.3 is 4.74 Å². The van der Waals surface area contributed by atoms with Gasteiger partial charge in [0.05, 0.1) is 5.60 Å². The second-order valence-corrected chi connectivity index (χ2v) is 12.4. The van der Waals surface area contributed by atoms with Crippen LogP contribution >= 0.6 is 0 Å². The summed E-state index contributed by atoms with van der Waals surface area (Å²) in [5.41, 5.74) is 9.39. The average molecular weight is 571 g/mol. The van der Waals surface area contributed by atoms with Crippen LogP contribution in [0.15, 0.2) is 130 Å². The molecule has 0 aliphatic carbocycles. The van der Waals surface area contributed by atoms with Crippen LogP contribution in [0.4, 0.5) is 0 Å². The van der Waals surface area contributed by atoms with Gasteiger partial charge in [0.15, 0.2) is 0 Å². The zero-order chi connectivity index (χ0) is 31.8. The minimum absolute atomic E-state index is 0.110. The fourth-order valence-electron chi connectivity index (χ4n) is 3.87. The smallest absolute Gasteiger partial charge is 0.0657 e. The normalized spacial score (nSPS) is 15.3. The molecule has 0 fully saturated rings. The second-order valence-electron chi connectivity index (χ2n) is 12.4. The van der Waals surface area contributed by atoms with Crippen molar-refractivity contribution in [3.63, 3.8) is 0 Å². The van der Waals surface area contributed by atoms with Crippen molar-refractivity contribution in [2.75, 3.05) is 7.11 Å². The zero-order valence-corrected chi connectivity index (χ0v) is 29.0. The standard InChI is InChI=1S/C41H62O/c1-34(2)20-14-23-37(5)26-17-29-38(6)27-15-24-35(3)21-12-13-22-36(4)25-16-28-39(7)30-18-31-40(8)32-19-33-41(9,10)42-11/h12-13,15,18-22,24,26-28,30-32H,14,16-17,23,25,29,33H2,1-11H3/b13-12+,24-15+,30-18+,32-19+,35-21+,36-22+,37-26+,38-27+,39-28+,40-31+. The van der Waals surface area contributed by atoms with Gasteiger partial charge in [-0.25, -0.2) is 0 Å². The van der Waals surface area contributed by atoms with Crippen molar-refractivity contribution >= 4 is 0 Å². The first-order valence-electron chi connectivity index (χ1n) is 15.7. The van der Waals surface area contributed by atoms with Gasteiger partial charge in [-0.15, -0.1) is 0 Å². The summed E-state index contributed by atoms with van der Waals surface area (Å²) in [4.78, 5) is 0. The Morgan fingerprint density at radius 2 is 1.00 bits per heavy atom. The van der Waals surface area contributed by atoms with Gasteiger partial charge in [0.1, 0.15) is 0 Å². The molecule has 0 aliphatic rings. The van der Waals surface area contributed by atoms with Crippen molar-refractivity contribution in [2.45, 2.75) is 120 Å². The monoisotopic (exact) mass is 570 g/mol. The van der Waals surface area contributed by atoms with Gasteiger partial charge in [-0.3, -0.25) is 0 Å². The third kappa shape index (κ3) is 24.9. The summed E-state index contributed by atoms with van der Waals surface area (Å²) in [6.07, 6.45) is 40.7. The quantitative estimate of drug-likeness (QED) is 0.111. The topological polar surface area (TPSA) is 9.23 Å². The van der Waals surface area contributed by atoms with Crippen LogP contribution in [0.2, 0.25) is 0 Å². The lowest BCUT2D eigenvalue weighted by atomic mass is 10.0. The third-order valence-corrected chi connectivity index (χ3v) is 6.98. The van der Waals surface area contributed by atoms with Gasteiger partial charge in [0, 0.05) is 7.11 Å². The highest BCUT2D eigenvalue weighted by atomic mass is 16.5. The summed E-state index contributed by atoms with van der Waals surface area (Å²) in [6.45, 7) is 21.7. The molecular weight excluding hydrogens is 508 g/mol. The Hall–Kier alpha value is -2.90. The molecule has 0 aliphatic heterocycles. The first-order valence-corrected chi connectivity index (χ1v) is 15.7. The van der Waals surface area contributed by atoms with Gasteiger partial charge >= 0.3 is 0 Å². The maximum atomic E-state index is 5.46. The van der Waals surface area contributed by atoms with E-state index in [0.29, 0.717) is 0 Å². The van der Waals surface area contributed by atoms with E-state index in [-0.39, 0.29) is 5.60 Å². The molecule has 1 nitrogen and oxygen atoms in total. The third-order valence-electron chi connectivity index (χ3n) is 6.98. The molecule has 0 spiro atoms. The molecule has 232 valence electrons. The van der Waals surface area contributed by atoms with E-state index >= 15 is 0 Å². The molecule has 0 unspecified atom stereocenters. The van der Waals surface area contributed by atoms with Crippen molar-refractivity contribution in [3.05, 3.63) is 130 Å². The minimum atomic E-state index is -0.110. The molecule has 0 saturated carbocycles. The first kappa shape index (κ1) is 39.1. The molecule has 0 bridgehead atoms. The number of hydrogen-bond acceptors (Lipinski definition) is 1. The molecule has 0 aromatic heterocycles. The van der Waals surface area contributed by atoms with Crippen LogP contribution < -0.4 is 0 Å². The van der Waals surface area contributed by atoms with Crippen LogP contribution in [0, 0.1) is 0 Å². The largest absolute Gasteiger partial charge is 0.378 e. The highest BCUT2D eigenvalue weighted by molar-refractivity contribution is 5.28. The molecule has 0 amide bonds. The van der Waals surface area contributed by atoms with Gasteiger partial charge in [-0.05, 0) is 114 Å². The maximum absolute atomic E-state index is 5.46. The van der Waals surface area contributed by atoms with Gasteiger partial charge in [-0.2, -0.15) is 0 Å². The molecular formula is C41H62O. The van der Waals surface area contributed by atoms with Crippen molar-refractivity contribution in [2.24, 2.45) is 0 Å². The molecule has 0 N–H and O–H groups in total. The van der Waals surface area contributed by atoms with Crippen LogP contribution in [-0.4, -0.2) is 12.7 Å². The highest BCUT2D eigenvalue weighted by Crippen LogP contribution is 2.15. The predicted molar refractivity (Wildman–Crippen MR) is 192 cm³/mol. The molecule has 0 aromatic carbocycles. The summed E-state index contributed by atoms with van der Waals surface area (Å²) in [5, 5.41) is 0. The number of hydrogen-bond donors (Lipinski definition) is 0. The van der Waals surface area contributed by atoms with Crippen LogP contribution in [0.5, 0.6) is 0 Å². The van der Waals surface area contributed by atoms with Gasteiger partial charge in [0.2, 0.25) is 0 Å². The summed E-state index contributed by atoms with van der Waals surface area (Å²) in [5.74, 6) is 0. The number of allylic oxidation sites excluding steroid dienone is 21. The van der Waals surface area contributed by atoms with Crippen LogP contribution in [0.25, 0.3) is 0 Å². The van der Waals surface area contributed by atoms with E-state index < -0.39 is 0 Å². The lowest BCUT2D eigenvalue weighted by molar-refractivity contribution is 0.0255. The average Bonchev–Trinajstić information content (AvgIpc) is 2.91. The Bertz CT molecular complexity index is 1110. The maximum Gasteiger partial charge on any atom is 0.0657 e. The van der Waals surface area contributed by atoms with E-state index in [0.717, 1.165) is 38.5 Å². The summed E-state index contributed by atoms with van der Waals surface area (Å²) >= 11 is 0. The fraction of sp³-hybridized carbons (Fsp3) is 0.463. The Kier molecular flexibility index (Phi) is 22.0. The Morgan fingerprint density at radius 3 is 1.64 bits per heavy atom. The van der Waals surface area contributed by atoms with Gasteiger partial charge in [-0.1, -0.05) is 130 Å². The molecule has 0 atom stereocenters. The molecule has 0 rings (SSSR count). The van der Waals surface area contributed by atoms with Crippen molar-refractivity contribution in [1.82, 2.24) is 0 Å². The number of methoxy groups -OCH3 is 1.